The van der Waals surface area contributed by atoms with Crippen LogP contribution < -0.4 is 16.4 Å². The van der Waals surface area contributed by atoms with Gasteiger partial charge in [-0.1, -0.05) is 58.0 Å². The highest BCUT2D eigenvalue weighted by Gasteiger charge is 2.30. The average Bonchev–Trinajstić information content (AvgIpc) is 2.95. The van der Waals surface area contributed by atoms with Crippen LogP contribution in [0.1, 0.15) is 83.6 Å². The van der Waals surface area contributed by atoms with Crippen LogP contribution in [-0.2, 0) is 11.2 Å². The zero-order chi connectivity index (χ0) is 30.5. The number of nitrogens with one attached hydrogen (secondary N) is 2. The first-order valence-electron chi connectivity index (χ1n) is 14.2. The van der Waals surface area contributed by atoms with E-state index in [1.54, 1.807) is 4.90 Å². The smallest absolute Gasteiger partial charge is 0.253 e. The van der Waals surface area contributed by atoms with Crippen LogP contribution >= 0.6 is 0 Å². The van der Waals surface area contributed by atoms with Crippen LogP contribution in [0.4, 0.5) is 0 Å². The number of hydrogen-bond acceptors (Lipinski definition) is 6. The van der Waals surface area contributed by atoms with Gasteiger partial charge in [-0.15, -0.1) is 0 Å². The van der Waals surface area contributed by atoms with Gasteiger partial charge in [-0.3, -0.25) is 19.2 Å². The van der Waals surface area contributed by atoms with Gasteiger partial charge in [0.1, 0.15) is 6.10 Å². The summed E-state index contributed by atoms with van der Waals surface area (Å²) in [7, 11) is 0. The summed E-state index contributed by atoms with van der Waals surface area (Å²) >= 11 is 0. The van der Waals surface area contributed by atoms with E-state index < -0.39 is 36.0 Å². The van der Waals surface area contributed by atoms with Crippen LogP contribution in [0.15, 0.2) is 48.5 Å². The van der Waals surface area contributed by atoms with E-state index in [9.17, 15) is 29.4 Å². The summed E-state index contributed by atoms with van der Waals surface area (Å²) in [5.74, 6) is -1.99. The summed E-state index contributed by atoms with van der Waals surface area (Å²) in [5.41, 5.74) is 6.45. The van der Waals surface area contributed by atoms with E-state index in [0.29, 0.717) is 19.6 Å². The van der Waals surface area contributed by atoms with E-state index in [-0.39, 0.29) is 41.4 Å². The third-order valence-corrected chi connectivity index (χ3v) is 6.52. The maximum absolute atomic E-state index is 13.5. The number of aliphatic hydroxyl groups is 2. The Morgan fingerprint density at radius 3 is 2.05 bits per heavy atom. The highest BCUT2D eigenvalue weighted by atomic mass is 16.3. The van der Waals surface area contributed by atoms with Crippen LogP contribution in [0, 0.1) is 5.92 Å². The summed E-state index contributed by atoms with van der Waals surface area (Å²) in [4.78, 5) is 52.8. The van der Waals surface area contributed by atoms with E-state index in [4.69, 9.17) is 5.73 Å². The molecule has 0 aromatic heterocycles. The molecule has 0 aliphatic carbocycles. The highest BCUT2D eigenvalue weighted by Crippen LogP contribution is 2.16. The predicted molar refractivity (Wildman–Crippen MR) is 157 cm³/mol. The van der Waals surface area contributed by atoms with Gasteiger partial charge in [0.2, 0.25) is 11.8 Å². The molecule has 0 heterocycles. The summed E-state index contributed by atoms with van der Waals surface area (Å²) in [6.07, 6.45) is -1.66. The van der Waals surface area contributed by atoms with Crippen molar-refractivity contribution in [3.8, 4) is 0 Å². The molecule has 3 atom stereocenters. The van der Waals surface area contributed by atoms with Crippen LogP contribution in [-0.4, -0.2) is 76.6 Å². The largest absolute Gasteiger partial charge is 0.390 e. The molecule has 0 radical (unpaired) electrons. The Labute approximate surface area is 242 Å². The molecule has 6 N–H and O–H groups in total. The van der Waals surface area contributed by atoms with Crippen molar-refractivity contribution in [2.45, 2.75) is 71.6 Å². The Morgan fingerprint density at radius 1 is 0.902 bits per heavy atom. The van der Waals surface area contributed by atoms with Gasteiger partial charge < -0.3 is 31.5 Å². The first kappa shape index (κ1) is 33.4. The molecular weight excluding hydrogens is 524 g/mol. The molecule has 2 aromatic rings. The number of carbonyl (C=O) groups is 4. The van der Waals surface area contributed by atoms with Gasteiger partial charge in [-0.25, -0.2) is 0 Å². The van der Waals surface area contributed by atoms with Crippen molar-refractivity contribution in [2.75, 3.05) is 19.6 Å². The molecule has 224 valence electrons. The van der Waals surface area contributed by atoms with E-state index >= 15 is 0 Å². The van der Waals surface area contributed by atoms with Crippen molar-refractivity contribution in [3.05, 3.63) is 70.8 Å². The van der Waals surface area contributed by atoms with E-state index in [1.807, 2.05) is 58.0 Å². The van der Waals surface area contributed by atoms with Crippen molar-refractivity contribution in [2.24, 2.45) is 11.7 Å². The SMILES string of the molecule is CCCN(CCC)C(=O)c1cc(C(N)=O)cc(C(=O)NC(Cc2ccccc2)C(O)C(O)CC(=O)NCC(C)C)c1. The molecule has 2 aromatic carbocycles. The number of benzene rings is 2. The lowest BCUT2D eigenvalue weighted by Crippen LogP contribution is -2.51. The number of nitrogens with two attached hydrogens (primary N) is 1. The standard InChI is InChI=1S/C31H44N4O6/c1-5-12-35(13-6-2)31(41)24-16-22(29(32)39)15-23(17-24)30(40)34-25(14-21-10-8-7-9-11-21)28(38)26(36)18-27(37)33-19-20(3)4/h7-11,15-17,20,25-26,28,36,38H,5-6,12-14,18-19H2,1-4H3,(H2,32,39)(H,33,37)(H,34,40). The number of primary amides is 1. The molecule has 3 unspecified atom stereocenters. The molecule has 2 rings (SSSR count). The quantitative estimate of drug-likeness (QED) is 0.209. The fourth-order valence-electron chi connectivity index (χ4n) is 4.41. The number of nitrogens with zero attached hydrogens (tertiary/aromatic N) is 1. The molecule has 41 heavy (non-hydrogen) atoms. The number of rotatable bonds is 16. The monoisotopic (exact) mass is 568 g/mol. The Bertz CT molecular complexity index is 1160. The minimum absolute atomic E-state index is 0.00374. The maximum Gasteiger partial charge on any atom is 0.253 e. The normalized spacial score (nSPS) is 13.2. The zero-order valence-corrected chi connectivity index (χ0v) is 24.4. The second-order valence-electron chi connectivity index (χ2n) is 10.7. The first-order chi connectivity index (χ1) is 19.5. The zero-order valence-electron chi connectivity index (χ0n) is 24.4. The van der Waals surface area contributed by atoms with Crippen LogP contribution in [0.3, 0.4) is 0 Å². The van der Waals surface area contributed by atoms with Gasteiger partial charge in [0.15, 0.2) is 0 Å². The minimum Gasteiger partial charge on any atom is -0.390 e. The van der Waals surface area contributed by atoms with E-state index in [1.165, 1.54) is 18.2 Å². The van der Waals surface area contributed by atoms with Crippen molar-refractivity contribution in [3.63, 3.8) is 0 Å². The fourth-order valence-corrected chi connectivity index (χ4v) is 4.41. The average molecular weight is 569 g/mol. The third kappa shape index (κ3) is 10.6. The molecule has 0 saturated carbocycles. The van der Waals surface area contributed by atoms with Crippen molar-refractivity contribution >= 4 is 23.6 Å². The Morgan fingerprint density at radius 2 is 1.49 bits per heavy atom. The Balaban J connectivity index is 2.36. The maximum atomic E-state index is 13.5. The number of carbonyl (C=O) groups excluding carboxylic acids is 4. The summed E-state index contributed by atoms with van der Waals surface area (Å²) in [5, 5.41) is 27.2. The lowest BCUT2D eigenvalue weighted by Gasteiger charge is -2.28. The van der Waals surface area contributed by atoms with Crippen LogP contribution in [0.2, 0.25) is 0 Å². The second-order valence-corrected chi connectivity index (χ2v) is 10.7. The minimum atomic E-state index is -1.49. The Kier molecular flexibility index (Phi) is 13.5. The van der Waals surface area contributed by atoms with Crippen molar-refractivity contribution in [1.29, 1.82) is 0 Å². The second kappa shape index (κ2) is 16.5. The number of amides is 4. The molecule has 0 aliphatic rings. The molecule has 0 saturated heterocycles. The summed E-state index contributed by atoms with van der Waals surface area (Å²) in [6, 6.07) is 12.1. The van der Waals surface area contributed by atoms with Gasteiger partial charge in [-0.2, -0.15) is 0 Å². The van der Waals surface area contributed by atoms with E-state index in [0.717, 1.165) is 18.4 Å². The number of hydrogen-bond donors (Lipinski definition) is 5. The van der Waals surface area contributed by atoms with Gasteiger partial charge in [-0.05, 0) is 48.9 Å². The van der Waals surface area contributed by atoms with Crippen LogP contribution in [0.5, 0.6) is 0 Å². The van der Waals surface area contributed by atoms with Crippen molar-refractivity contribution < 1.29 is 29.4 Å². The van der Waals surface area contributed by atoms with Gasteiger partial charge in [0, 0.05) is 36.3 Å². The molecule has 0 fully saturated rings. The summed E-state index contributed by atoms with van der Waals surface area (Å²) in [6.45, 7) is 9.25. The van der Waals surface area contributed by atoms with Crippen molar-refractivity contribution in [1.82, 2.24) is 15.5 Å². The first-order valence-corrected chi connectivity index (χ1v) is 14.2. The molecule has 0 bridgehead atoms. The molecule has 4 amide bonds. The van der Waals surface area contributed by atoms with Gasteiger partial charge in [0.25, 0.3) is 11.8 Å². The van der Waals surface area contributed by atoms with Crippen LogP contribution in [0.25, 0.3) is 0 Å². The topological polar surface area (TPSA) is 162 Å². The highest BCUT2D eigenvalue weighted by molar-refractivity contribution is 6.04. The lowest BCUT2D eigenvalue weighted by atomic mass is 9.95. The van der Waals surface area contributed by atoms with Gasteiger partial charge >= 0.3 is 0 Å². The Hall–Kier alpha value is -3.76. The van der Waals surface area contributed by atoms with E-state index in [2.05, 4.69) is 10.6 Å². The lowest BCUT2D eigenvalue weighted by molar-refractivity contribution is -0.125. The molecule has 10 nitrogen and oxygen atoms in total. The number of aliphatic hydroxyl groups excluding tert-OH is 2. The van der Waals surface area contributed by atoms with Gasteiger partial charge in [0.05, 0.1) is 18.6 Å². The molecular formula is C31H44N4O6. The molecule has 10 heteroatoms. The fraction of sp³-hybridized carbons (Fsp3) is 0.484. The summed E-state index contributed by atoms with van der Waals surface area (Å²) < 4.78 is 0. The predicted octanol–water partition coefficient (Wildman–Crippen LogP) is 2.27. The molecule has 0 aliphatic heterocycles. The third-order valence-electron chi connectivity index (χ3n) is 6.52. The molecule has 0 spiro atoms.